The maximum atomic E-state index is 2.48. The topological polar surface area (TPSA) is 3.24 Å². The molecule has 0 amide bonds. The Morgan fingerprint density at radius 1 is 0.667 bits per heavy atom. The lowest BCUT2D eigenvalue weighted by Crippen LogP contribution is -2.30. The van der Waals surface area contributed by atoms with Gasteiger partial charge in [0.15, 0.2) is 0 Å². The Labute approximate surface area is 116 Å². The standard InChI is InChI=1S/C17H37N/c1-16(2,3)13-11-9-8-10-12-14-18(7)15-17(4,5)6/h8-15H2,1-7H3. The zero-order valence-electron chi connectivity index (χ0n) is 14.1. The highest BCUT2D eigenvalue weighted by molar-refractivity contribution is 4.66. The smallest absolute Gasteiger partial charge is 0.00270 e. The Bertz CT molecular complexity index is 195. The van der Waals surface area contributed by atoms with E-state index in [2.05, 4.69) is 53.5 Å². The van der Waals surface area contributed by atoms with Crippen molar-refractivity contribution in [3.8, 4) is 0 Å². The van der Waals surface area contributed by atoms with Crippen LogP contribution in [0.15, 0.2) is 0 Å². The van der Waals surface area contributed by atoms with Crippen molar-refractivity contribution in [2.24, 2.45) is 10.8 Å². The maximum absolute atomic E-state index is 2.48. The Kier molecular flexibility index (Phi) is 8.18. The van der Waals surface area contributed by atoms with E-state index in [0.717, 1.165) is 0 Å². The molecule has 0 radical (unpaired) electrons. The van der Waals surface area contributed by atoms with Crippen LogP contribution in [0.5, 0.6) is 0 Å². The van der Waals surface area contributed by atoms with Crippen LogP contribution in [0.1, 0.15) is 80.1 Å². The summed E-state index contributed by atoms with van der Waals surface area (Å²) in [5.74, 6) is 0. The molecule has 0 aliphatic rings. The maximum Gasteiger partial charge on any atom is 0.00270 e. The fourth-order valence-electron chi connectivity index (χ4n) is 2.46. The van der Waals surface area contributed by atoms with Gasteiger partial charge in [0.25, 0.3) is 0 Å². The summed E-state index contributed by atoms with van der Waals surface area (Å²) in [7, 11) is 2.25. The molecule has 18 heavy (non-hydrogen) atoms. The first kappa shape index (κ1) is 18.0. The molecule has 0 aromatic rings. The Balaban J connectivity index is 3.36. The lowest BCUT2D eigenvalue weighted by molar-refractivity contribution is 0.223. The lowest BCUT2D eigenvalue weighted by Gasteiger charge is -2.26. The lowest BCUT2D eigenvalue weighted by atomic mass is 9.89. The molecule has 0 rings (SSSR count). The van der Waals surface area contributed by atoms with Crippen LogP contribution in [0.2, 0.25) is 0 Å². The van der Waals surface area contributed by atoms with Crippen molar-refractivity contribution >= 4 is 0 Å². The molecule has 0 spiro atoms. The predicted octanol–water partition coefficient (Wildman–Crippen LogP) is 5.35. The molecule has 0 aromatic heterocycles. The first-order valence-electron chi connectivity index (χ1n) is 7.79. The van der Waals surface area contributed by atoms with Gasteiger partial charge in [-0.1, -0.05) is 67.2 Å². The zero-order chi connectivity index (χ0) is 14.2. The highest BCUT2D eigenvalue weighted by atomic mass is 15.1. The third kappa shape index (κ3) is 14.0. The minimum absolute atomic E-state index is 0.432. The summed E-state index contributed by atoms with van der Waals surface area (Å²) in [6.45, 7) is 16.4. The third-order valence-electron chi connectivity index (χ3n) is 3.21. The van der Waals surface area contributed by atoms with Crippen LogP contribution in [0, 0.1) is 10.8 Å². The molecule has 1 heteroatoms. The van der Waals surface area contributed by atoms with Crippen LogP contribution >= 0.6 is 0 Å². The van der Waals surface area contributed by atoms with Crippen molar-refractivity contribution in [1.29, 1.82) is 0 Å². The average molecular weight is 255 g/mol. The van der Waals surface area contributed by atoms with Gasteiger partial charge in [0, 0.05) is 6.54 Å². The normalized spacial score (nSPS) is 13.3. The first-order valence-corrected chi connectivity index (χ1v) is 7.79. The molecule has 1 nitrogen and oxygen atoms in total. The molecular formula is C17H37N. The summed E-state index contributed by atoms with van der Waals surface area (Å²) >= 11 is 0. The molecule has 0 aliphatic carbocycles. The Hall–Kier alpha value is -0.0400. The van der Waals surface area contributed by atoms with E-state index in [4.69, 9.17) is 0 Å². The molecule has 0 unspecified atom stereocenters. The molecule has 0 saturated heterocycles. The average Bonchev–Trinajstić information content (AvgIpc) is 2.11. The van der Waals surface area contributed by atoms with Gasteiger partial charge < -0.3 is 4.90 Å². The summed E-state index contributed by atoms with van der Waals surface area (Å²) in [6.07, 6.45) is 8.37. The third-order valence-corrected chi connectivity index (χ3v) is 3.21. The molecule has 0 saturated carbocycles. The molecule has 0 N–H and O–H groups in total. The van der Waals surface area contributed by atoms with Gasteiger partial charge in [-0.3, -0.25) is 0 Å². The monoisotopic (exact) mass is 255 g/mol. The van der Waals surface area contributed by atoms with Gasteiger partial charge >= 0.3 is 0 Å². The first-order chi connectivity index (χ1) is 8.10. The second-order valence-electron chi connectivity index (χ2n) is 8.38. The van der Waals surface area contributed by atoms with Gasteiger partial charge in [0.05, 0.1) is 0 Å². The van der Waals surface area contributed by atoms with Gasteiger partial charge in [-0.15, -0.1) is 0 Å². The molecule has 0 aliphatic heterocycles. The van der Waals surface area contributed by atoms with E-state index in [1.165, 1.54) is 51.6 Å². The molecule has 0 heterocycles. The van der Waals surface area contributed by atoms with Crippen LogP contribution in [-0.2, 0) is 0 Å². The van der Waals surface area contributed by atoms with E-state index in [1.807, 2.05) is 0 Å². The second-order valence-corrected chi connectivity index (χ2v) is 8.38. The van der Waals surface area contributed by atoms with Gasteiger partial charge in [-0.05, 0) is 37.3 Å². The fraction of sp³-hybridized carbons (Fsp3) is 1.00. The van der Waals surface area contributed by atoms with Crippen molar-refractivity contribution in [3.05, 3.63) is 0 Å². The Morgan fingerprint density at radius 2 is 1.17 bits per heavy atom. The summed E-state index contributed by atoms with van der Waals surface area (Å²) < 4.78 is 0. The highest BCUT2D eigenvalue weighted by Crippen LogP contribution is 2.22. The quantitative estimate of drug-likeness (QED) is 0.528. The molecular weight excluding hydrogens is 218 g/mol. The largest absolute Gasteiger partial charge is 0.306 e. The van der Waals surface area contributed by atoms with Crippen LogP contribution in [0.25, 0.3) is 0 Å². The summed E-state index contributed by atoms with van der Waals surface area (Å²) in [6, 6.07) is 0. The minimum Gasteiger partial charge on any atom is -0.306 e. The minimum atomic E-state index is 0.432. The van der Waals surface area contributed by atoms with Gasteiger partial charge in [0.2, 0.25) is 0 Å². The van der Waals surface area contributed by atoms with Crippen LogP contribution in [0.3, 0.4) is 0 Å². The van der Waals surface area contributed by atoms with E-state index >= 15 is 0 Å². The molecule has 0 aromatic carbocycles. The highest BCUT2D eigenvalue weighted by Gasteiger charge is 2.12. The molecule has 110 valence electrons. The predicted molar refractivity (Wildman–Crippen MR) is 84.1 cm³/mol. The summed E-state index contributed by atoms with van der Waals surface area (Å²) in [4.78, 5) is 2.48. The van der Waals surface area contributed by atoms with Crippen molar-refractivity contribution in [1.82, 2.24) is 4.90 Å². The number of unbranched alkanes of at least 4 members (excludes halogenated alkanes) is 4. The molecule has 0 fully saturated rings. The van der Waals surface area contributed by atoms with E-state index < -0.39 is 0 Å². The van der Waals surface area contributed by atoms with Crippen molar-refractivity contribution in [2.75, 3.05) is 20.1 Å². The molecule has 0 atom stereocenters. The van der Waals surface area contributed by atoms with Gasteiger partial charge in [0.1, 0.15) is 0 Å². The van der Waals surface area contributed by atoms with Crippen LogP contribution in [0.4, 0.5) is 0 Å². The van der Waals surface area contributed by atoms with E-state index in [1.54, 1.807) is 0 Å². The summed E-state index contributed by atoms with van der Waals surface area (Å²) in [5.41, 5.74) is 0.953. The zero-order valence-corrected chi connectivity index (χ0v) is 14.1. The fourth-order valence-corrected chi connectivity index (χ4v) is 2.46. The number of nitrogens with zero attached hydrogens (tertiary/aromatic N) is 1. The van der Waals surface area contributed by atoms with Crippen LogP contribution in [-0.4, -0.2) is 25.0 Å². The van der Waals surface area contributed by atoms with E-state index in [0.29, 0.717) is 10.8 Å². The van der Waals surface area contributed by atoms with Crippen molar-refractivity contribution < 1.29 is 0 Å². The van der Waals surface area contributed by atoms with Crippen LogP contribution < -0.4 is 0 Å². The molecule has 0 bridgehead atoms. The summed E-state index contributed by atoms with van der Waals surface area (Å²) in [5, 5.41) is 0. The number of rotatable bonds is 8. The number of hydrogen-bond donors (Lipinski definition) is 0. The SMILES string of the molecule is CN(CCCCCCCC(C)(C)C)CC(C)(C)C. The van der Waals surface area contributed by atoms with Crippen molar-refractivity contribution in [3.63, 3.8) is 0 Å². The second kappa shape index (κ2) is 8.19. The van der Waals surface area contributed by atoms with E-state index in [9.17, 15) is 0 Å². The van der Waals surface area contributed by atoms with Gasteiger partial charge in [-0.2, -0.15) is 0 Å². The Morgan fingerprint density at radius 3 is 1.67 bits per heavy atom. The van der Waals surface area contributed by atoms with Gasteiger partial charge in [-0.25, -0.2) is 0 Å². The number of hydrogen-bond acceptors (Lipinski definition) is 1. The van der Waals surface area contributed by atoms with E-state index in [-0.39, 0.29) is 0 Å². The van der Waals surface area contributed by atoms with Crippen molar-refractivity contribution in [2.45, 2.75) is 80.1 Å².